The summed E-state index contributed by atoms with van der Waals surface area (Å²) >= 11 is 1.39. The first-order chi connectivity index (χ1) is 11.5. The van der Waals surface area contributed by atoms with E-state index in [1.165, 1.54) is 11.3 Å². The van der Waals surface area contributed by atoms with Crippen molar-refractivity contribution in [1.29, 1.82) is 0 Å². The van der Waals surface area contributed by atoms with E-state index in [1.54, 1.807) is 18.2 Å². The number of thiophene rings is 1. The SMILES string of the molecule is CC[N+](C)(CC)CCNC(=O)C(O)(c1ccccc1)c1cccs1. The fourth-order valence-corrected chi connectivity index (χ4v) is 3.50. The van der Waals surface area contributed by atoms with Gasteiger partial charge in [-0.2, -0.15) is 0 Å². The Kier molecular flexibility index (Phi) is 6.15. The lowest BCUT2D eigenvalue weighted by molar-refractivity contribution is -0.904. The molecule has 1 atom stereocenters. The summed E-state index contributed by atoms with van der Waals surface area (Å²) in [7, 11) is 2.18. The van der Waals surface area contributed by atoms with Crippen LogP contribution in [0.25, 0.3) is 0 Å². The van der Waals surface area contributed by atoms with E-state index in [0.29, 0.717) is 17.0 Å². The van der Waals surface area contributed by atoms with Crippen LogP contribution in [0.1, 0.15) is 24.3 Å². The number of carbonyl (C=O) groups excluding carboxylic acids is 1. The molecule has 24 heavy (non-hydrogen) atoms. The fourth-order valence-electron chi connectivity index (χ4n) is 2.66. The molecule has 0 saturated heterocycles. The van der Waals surface area contributed by atoms with Gasteiger partial charge in [-0.1, -0.05) is 36.4 Å². The number of benzene rings is 1. The summed E-state index contributed by atoms with van der Waals surface area (Å²) in [6, 6.07) is 12.8. The molecule has 0 bridgehead atoms. The van der Waals surface area contributed by atoms with Gasteiger partial charge in [0.2, 0.25) is 5.60 Å². The van der Waals surface area contributed by atoms with E-state index >= 15 is 0 Å². The second-order valence-corrected chi connectivity index (χ2v) is 7.23. The maximum Gasteiger partial charge on any atom is 0.262 e. The van der Waals surface area contributed by atoms with Crippen LogP contribution in [0.15, 0.2) is 47.8 Å². The predicted molar refractivity (Wildman–Crippen MR) is 98.9 cm³/mol. The highest BCUT2D eigenvalue weighted by atomic mass is 32.1. The van der Waals surface area contributed by atoms with Crippen LogP contribution in [-0.4, -0.2) is 48.7 Å². The van der Waals surface area contributed by atoms with E-state index in [2.05, 4.69) is 26.2 Å². The van der Waals surface area contributed by atoms with Crippen LogP contribution in [0.3, 0.4) is 0 Å². The molecule has 2 N–H and O–H groups in total. The highest BCUT2D eigenvalue weighted by Gasteiger charge is 2.40. The topological polar surface area (TPSA) is 49.3 Å². The van der Waals surface area contributed by atoms with Crippen molar-refractivity contribution in [1.82, 2.24) is 5.32 Å². The molecule has 1 amide bonds. The van der Waals surface area contributed by atoms with Crippen molar-refractivity contribution < 1.29 is 14.4 Å². The number of quaternary nitrogens is 1. The average Bonchev–Trinajstić information content (AvgIpc) is 3.16. The first kappa shape index (κ1) is 18.6. The minimum atomic E-state index is -1.64. The summed E-state index contributed by atoms with van der Waals surface area (Å²) in [6.07, 6.45) is 0. The van der Waals surface area contributed by atoms with Crippen LogP contribution in [-0.2, 0) is 10.4 Å². The van der Waals surface area contributed by atoms with E-state index in [1.807, 2.05) is 29.6 Å². The van der Waals surface area contributed by atoms with E-state index in [9.17, 15) is 9.90 Å². The molecule has 1 unspecified atom stereocenters. The average molecular weight is 348 g/mol. The minimum Gasteiger partial charge on any atom is -0.371 e. The van der Waals surface area contributed by atoms with E-state index in [-0.39, 0.29) is 5.91 Å². The third-order valence-electron chi connectivity index (χ3n) is 4.86. The lowest BCUT2D eigenvalue weighted by atomic mass is 9.91. The lowest BCUT2D eigenvalue weighted by Gasteiger charge is -2.33. The second-order valence-electron chi connectivity index (χ2n) is 6.29. The zero-order valence-electron chi connectivity index (χ0n) is 14.7. The highest BCUT2D eigenvalue weighted by Crippen LogP contribution is 2.33. The second kappa shape index (κ2) is 7.92. The van der Waals surface area contributed by atoms with E-state index < -0.39 is 5.60 Å². The molecule has 0 saturated carbocycles. The van der Waals surface area contributed by atoms with Gasteiger partial charge in [-0.3, -0.25) is 4.79 Å². The van der Waals surface area contributed by atoms with Crippen LogP contribution in [0.4, 0.5) is 0 Å². The smallest absolute Gasteiger partial charge is 0.262 e. The van der Waals surface area contributed by atoms with Gasteiger partial charge in [0.15, 0.2) is 0 Å². The Balaban J connectivity index is 2.18. The van der Waals surface area contributed by atoms with Crippen molar-refractivity contribution in [3.8, 4) is 0 Å². The molecule has 0 fully saturated rings. The van der Waals surface area contributed by atoms with Gasteiger partial charge >= 0.3 is 0 Å². The summed E-state index contributed by atoms with van der Waals surface area (Å²) in [4.78, 5) is 13.5. The van der Waals surface area contributed by atoms with Gasteiger partial charge in [0.1, 0.15) is 0 Å². The molecule has 2 aromatic rings. The van der Waals surface area contributed by atoms with Gasteiger partial charge in [0.25, 0.3) is 5.91 Å². The number of nitrogens with one attached hydrogen (secondary N) is 1. The van der Waals surface area contributed by atoms with Crippen LogP contribution < -0.4 is 5.32 Å². The van der Waals surface area contributed by atoms with E-state index in [0.717, 1.165) is 24.1 Å². The number of rotatable bonds is 8. The van der Waals surface area contributed by atoms with Crippen molar-refractivity contribution in [3.63, 3.8) is 0 Å². The molecular formula is C19H27N2O2S+. The highest BCUT2D eigenvalue weighted by molar-refractivity contribution is 7.10. The Hall–Kier alpha value is -1.69. The molecule has 1 aromatic carbocycles. The third kappa shape index (κ3) is 3.86. The monoisotopic (exact) mass is 347 g/mol. The molecule has 4 nitrogen and oxygen atoms in total. The van der Waals surface area contributed by atoms with Gasteiger partial charge in [0, 0.05) is 0 Å². The van der Waals surface area contributed by atoms with Crippen molar-refractivity contribution in [2.45, 2.75) is 19.4 Å². The van der Waals surface area contributed by atoms with Crippen molar-refractivity contribution in [2.75, 3.05) is 33.2 Å². The van der Waals surface area contributed by atoms with Gasteiger partial charge in [-0.25, -0.2) is 0 Å². The Morgan fingerprint density at radius 3 is 2.38 bits per heavy atom. The molecule has 0 aliphatic rings. The quantitative estimate of drug-likeness (QED) is 0.721. The Bertz CT molecular complexity index is 639. The van der Waals surface area contributed by atoms with E-state index in [4.69, 9.17) is 0 Å². The molecule has 0 aliphatic carbocycles. The maximum absolute atomic E-state index is 12.9. The standard InChI is InChI=1S/C19H26N2O2S/c1-4-21(3,5-2)14-13-20-18(22)19(23,17-12-9-15-24-17)16-10-7-6-8-11-16/h6-12,15,23H,4-5,13-14H2,1-3H3/p+1. The largest absolute Gasteiger partial charge is 0.371 e. The number of likely N-dealkylation sites (N-methyl/N-ethyl adjacent to an activating group) is 1. The Morgan fingerprint density at radius 2 is 1.83 bits per heavy atom. The third-order valence-corrected chi connectivity index (χ3v) is 5.84. The summed E-state index contributed by atoms with van der Waals surface area (Å²) in [5.74, 6) is -0.366. The number of hydrogen-bond donors (Lipinski definition) is 2. The van der Waals surface area contributed by atoms with Crippen LogP contribution in [0.5, 0.6) is 0 Å². The molecule has 0 radical (unpaired) electrons. The fraction of sp³-hybridized carbons (Fsp3) is 0.421. The normalized spacial score (nSPS) is 14.2. The summed E-state index contributed by atoms with van der Waals surface area (Å²) in [5, 5.41) is 16.1. The molecule has 0 aliphatic heterocycles. The van der Waals surface area contributed by atoms with Crippen LogP contribution in [0.2, 0.25) is 0 Å². The number of hydrogen-bond acceptors (Lipinski definition) is 3. The molecular weight excluding hydrogens is 320 g/mol. The van der Waals surface area contributed by atoms with Gasteiger partial charge < -0.3 is 14.9 Å². The van der Waals surface area contributed by atoms with Gasteiger partial charge in [-0.05, 0) is 30.9 Å². The molecule has 5 heteroatoms. The minimum absolute atomic E-state index is 0.366. The first-order valence-corrected chi connectivity index (χ1v) is 9.28. The molecule has 2 rings (SSSR count). The Labute approximate surface area is 148 Å². The van der Waals surface area contributed by atoms with Crippen molar-refractivity contribution in [3.05, 3.63) is 58.3 Å². The first-order valence-electron chi connectivity index (χ1n) is 8.40. The van der Waals surface area contributed by atoms with Gasteiger partial charge in [-0.15, -0.1) is 11.3 Å². The molecule has 130 valence electrons. The zero-order valence-corrected chi connectivity index (χ0v) is 15.5. The molecule has 1 heterocycles. The maximum atomic E-state index is 12.9. The number of aliphatic hydroxyl groups is 1. The van der Waals surface area contributed by atoms with Crippen LogP contribution >= 0.6 is 11.3 Å². The number of carbonyl (C=O) groups is 1. The predicted octanol–water partition coefficient (Wildman–Crippen LogP) is 2.59. The van der Waals surface area contributed by atoms with Crippen molar-refractivity contribution >= 4 is 17.2 Å². The lowest BCUT2D eigenvalue weighted by Crippen LogP contribution is -2.51. The Morgan fingerprint density at radius 1 is 1.17 bits per heavy atom. The number of amides is 1. The summed E-state index contributed by atoms with van der Waals surface area (Å²) < 4.78 is 0.892. The number of nitrogens with zero attached hydrogens (tertiary/aromatic N) is 1. The zero-order chi connectivity index (χ0) is 17.6. The summed E-state index contributed by atoms with van der Waals surface area (Å²) in [6.45, 7) is 7.71. The summed E-state index contributed by atoms with van der Waals surface area (Å²) in [5.41, 5.74) is -1.05. The van der Waals surface area contributed by atoms with Crippen molar-refractivity contribution in [2.24, 2.45) is 0 Å². The molecule has 0 spiro atoms. The van der Waals surface area contributed by atoms with Gasteiger partial charge in [0.05, 0.1) is 38.1 Å². The van der Waals surface area contributed by atoms with Crippen LogP contribution in [0, 0.1) is 0 Å². The molecule has 1 aromatic heterocycles.